The largest absolute Gasteiger partial charge is 0.504 e. The molecule has 0 aliphatic carbocycles. The first-order valence-electron chi connectivity index (χ1n) is 15.8. The zero-order valence-electron chi connectivity index (χ0n) is 27.6. The van der Waals surface area contributed by atoms with Gasteiger partial charge in [0.25, 0.3) is 5.91 Å². The van der Waals surface area contributed by atoms with Crippen LogP contribution in [0.5, 0.6) is 5.75 Å². The molecule has 6 rings (SSSR count). The number of fused-ring (bicyclic) bond motifs is 2. The summed E-state index contributed by atoms with van der Waals surface area (Å²) in [5.74, 6) is -0.878. The molecular formula is C33H34ClF3N8O5. The summed E-state index contributed by atoms with van der Waals surface area (Å²) in [4.78, 5) is 59.5. The number of carbonyl (C=O) groups excluding carboxylic acids is 2. The van der Waals surface area contributed by atoms with Crippen LogP contribution in [-0.2, 0) is 28.7 Å². The molecular weight excluding hydrogens is 681 g/mol. The molecule has 2 atom stereocenters. The number of aromatic hydroxyl groups is 1. The number of nitrogens with zero attached hydrogens (tertiary/aromatic N) is 7. The number of hydrogen-bond donors (Lipinski definition) is 2. The summed E-state index contributed by atoms with van der Waals surface area (Å²) in [6, 6.07) is 5.13. The predicted octanol–water partition coefficient (Wildman–Crippen LogP) is 3.87. The van der Waals surface area contributed by atoms with Crippen LogP contribution in [-0.4, -0.2) is 93.8 Å². The van der Waals surface area contributed by atoms with Gasteiger partial charge in [-0.1, -0.05) is 18.5 Å². The van der Waals surface area contributed by atoms with E-state index in [0.717, 1.165) is 18.2 Å². The van der Waals surface area contributed by atoms with Crippen LogP contribution >= 0.6 is 11.6 Å². The number of benzene rings is 1. The Balaban J connectivity index is 1.40. The first kappa shape index (κ1) is 34.9. The number of nitrogens with one attached hydrogen (secondary N) is 1. The highest BCUT2D eigenvalue weighted by molar-refractivity contribution is 6.33. The summed E-state index contributed by atoms with van der Waals surface area (Å²) < 4.78 is 47.1. The topological polar surface area (TPSA) is 146 Å². The van der Waals surface area contributed by atoms with Crippen molar-refractivity contribution in [2.75, 3.05) is 55.5 Å². The zero-order valence-corrected chi connectivity index (χ0v) is 28.3. The third-order valence-corrected chi connectivity index (χ3v) is 9.32. The van der Waals surface area contributed by atoms with Crippen molar-refractivity contribution in [1.82, 2.24) is 24.4 Å². The number of alkyl halides is 3. The molecule has 3 aromatic heterocycles. The lowest BCUT2D eigenvalue weighted by Gasteiger charge is -2.45. The molecule has 50 heavy (non-hydrogen) atoms. The summed E-state index contributed by atoms with van der Waals surface area (Å²) >= 11 is 6.13. The molecule has 1 aromatic carbocycles. The Morgan fingerprint density at radius 3 is 2.54 bits per heavy atom. The van der Waals surface area contributed by atoms with Crippen LogP contribution in [0.3, 0.4) is 0 Å². The van der Waals surface area contributed by atoms with Crippen LogP contribution < -0.4 is 20.5 Å². The van der Waals surface area contributed by atoms with Gasteiger partial charge in [-0.15, -0.1) is 0 Å². The molecule has 13 nitrogen and oxygen atoms in total. The van der Waals surface area contributed by atoms with Gasteiger partial charge in [0, 0.05) is 32.9 Å². The fourth-order valence-electron chi connectivity index (χ4n) is 6.52. The van der Waals surface area contributed by atoms with Crippen LogP contribution in [0.25, 0.3) is 11.0 Å². The van der Waals surface area contributed by atoms with E-state index in [1.807, 2.05) is 11.8 Å². The third kappa shape index (κ3) is 6.28. The standard InChI is InChI=1S/C33H34ClF3N8O5/c1-5-21-29(43-10-11-44(24-15-50-14-23(24)43)32(49)28-30(47)17(2)38-16-39-28)31(48)27-22(8-9-25(41-27)42(3)4)45(21)13-26(46)40-20-7-6-18(12-19(20)34)33(35,36)37/h6-9,12,16,23-24,47H,5,10-11,13-15H2,1-4H3,(H,40,46)/t23-,24-/m1/s1. The highest BCUT2D eigenvalue weighted by Gasteiger charge is 2.45. The summed E-state index contributed by atoms with van der Waals surface area (Å²) in [6.07, 6.45) is -3.08. The second-order valence-electron chi connectivity index (χ2n) is 12.3. The molecule has 264 valence electrons. The number of ether oxygens (including phenoxy) is 1. The molecule has 4 aromatic rings. The number of pyridine rings is 2. The molecule has 2 fully saturated rings. The van der Waals surface area contributed by atoms with Crippen molar-refractivity contribution in [3.8, 4) is 5.75 Å². The average molecular weight is 715 g/mol. The lowest BCUT2D eigenvalue weighted by atomic mass is 10.0. The minimum Gasteiger partial charge on any atom is -0.504 e. The van der Waals surface area contributed by atoms with Gasteiger partial charge in [-0.05, 0) is 43.7 Å². The lowest BCUT2D eigenvalue weighted by Crippen LogP contribution is -2.62. The predicted molar refractivity (Wildman–Crippen MR) is 180 cm³/mol. The van der Waals surface area contributed by atoms with E-state index in [1.165, 1.54) is 6.33 Å². The Morgan fingerprint density at radius 1 is 1.12 bits per heavy atom. The number of carbonyl (C=O) groups is 2. The second kappa shape index (κ2) is 13.4. The first-order valence-corrected chi connectivity index (χ1v) is 16.1. The van der Waals surface area contributed by atoms with Crippen LogP contribution in [0.15, 0.2) is 41.5 Å². The summed E-state index contributed by atoms with van der Waals surface area (Å²) in [6.45, 7) is 3.86. The van der Waals surface area contributed by atoms with Gasteiger partial charge in [-0.25, -0.2) is 15.0 Å². The van der Waals surface area contributed by atoms with E-state index >= 15 is 0 Å². The number of aromatic nitrogens is 4. The molecule has 17 heteroatoms. The highest BCUT2D eigenvalue weighted by atomic mass is 35.5. The van der Waals surface area contributed by atoms with Crippen molar-refractivity contribution in [3.05, 3.63) is 74.6 Å². The van der Waals surface area contributed by atoms with Gasteiger partial charge in [0.05, 0.1) is 52.8 Å². The summed E-state index contributed by atoms with van der Waals surface area (Å²) in [7, 11) is 3.56. The van der Waals surface area contributed by atoms with Crippen molar-refractivity contribution in [2.45, 2.75) is 45.1 Å². The molecule has 2 amide bonds. The molecule has 2 aliphatic heterocycles. The Kier molecular flexibility index (Phi) is 9.35. The monoisotopic (exact) mass is 714 g/mol. The van der Waals surface area contributed by atoms with E-state index in [2.05, 4.69) is 20.3 Å². The number of aryl methyl sites for hydroxylation is 1. The van der Waals surface area contributed by atoms with Crippen molar-refractivity contribution >= 4 is 51.6 Å². The highest BCUT2D eigenvalue weighted by Crippen LogP contribution is 2.35. The maximum Gasteiger partial charge on any atom is 0.416 e. The molecule has 2 N–H and O–H groups in total. The number of hydrogen-bond acceptors (Lipinski definition) is 10. The van der Waals surface area contributed by atoms with Crippen LogP contribution in [0.2, 0.25) is 5.02 Å². The van der Waals surface area contributed by atoms with E-state index in [-0.39, 0.29) is 71.6 Å². The third-order valence-electron chi connectivity index (χ3n) is 9.00. The molecule has 0 spiro atoms. The molecule has 0 radical (unpaired) electrons. The molecule has 0 unspecified atom stereocenters. The quantitative estimate of drug-likeness (QED) is 0.289. The van der Waals surface area contributed by atoms with Crippen molar-refractivity contribution < 1.29 is 32.6 Å². The number of amides is 2. The first-order chi connectivity index (χ1) is 23.7. The van der Waals surface area contributed by atoms with Gasteiger partial charge in [-0.2, -0.15) is 13.2 Å². The van der Waals surface area contributed by atoms with E-state index < -0.39 is 35.6 Å². The molecule has 2 saturated heterocycles. The number of rotatable bonds is 7. The van der Waals surface area contributed by atoms with Gasteiger partial charge in [0.1, 0.15) is 29.9 Å². The van der Waals surface area contributed by atoms with Gasteiger partial charge >= 0.3 is 6.18 Å². The van der Waals surface area contributed by atoms with E-state index in [4.69, 9.17) is 16.3 Å². The number of halogens is 4. The maximum absolute atomic E-state index is 14.5. The molecule has 5 heterocycles. The molecule has 0 bridgehead atoms. The Morgan fingerprint density at radius 2 is 1.86 bits per heavy atom. The van der Waals surface area contributed by atoms with Gasteiger partial charge in [-0.3, -0.25) is 14.4 Å². The fraction of sp³-hybridized carbons (Fsp3) is 0.394. The average Bonchev–Trinajstić information content (AvgIpc) is 3.57. The number of piperazine rings is 1. The molecule has 2 aliphatic rings. The van der Waals surface area contributed by atoms with Crippen molar-refractivity contribution in [2.24, 2.45) is 0 Å². The second-order valence-corrected chi connectivity index (χ2v) is 12.7. The summed E-state index contributed by atoms with van der Waals surface area (Å²) in [5.41, 5.74) is 0.139. The van der Waals surface area contributed by atoms with Crippen molar-refractivity contribution in [1.29, 1.82) is 0 Å². The minimum atomic E-state index is -4.61. The van der Waals surface area contributed by atoms with Crippen LogP contribution in [0.1, 0.15) is 34.4 Å². The zero-order chi connectivity index (χ0) is 36.1. The van der Waals surface area contributed by atoms with Gasteiger partial charge < -0.3 is 34.4 Å². The minimum absolute atomic E-state index is 0.00189. The Bertz CT molecular complexity index is 2060. The lowest BCUT2D eigenvalue weighted by molar-refractivity contribution is -0.137. The van der Waals surface area contributed by atoms with E-state index in [9.17, 15) is 32.7 Å². The summed E-state index contributed by atoms with van der Waals surface area (Å²) in [5, 5.41) is 12.9. The Labute approximate surface area is 289 Å². The van der Waals surface area contributed by atoms with Gasteiger partial charge in [0.2, 0.25) is 11.3 Å². The maximum atomic E-state index is 14.5. The normalized spacial score (nSPS) is 17.6. The van der Waals surface area contributed by atoms with E-state index in [0.29, 0.717) is 29.1 Å². The SMILES string of the molecule is CCc1c(N2CCN(C(=O)c3ncnc(C)c3O)[C@@H]3COC[C@H]32)c(=O)c2nc(N(C)C)ccc2n1CC(=O)Nc1ccc(C(F)(F)F)cc1Cl. The van der Waals surface area contributed by atoms with Gasteiger partial charge in [0.15, 0.2) is 11.4 Å². The van der Waals surface area contributed by atoms with E-state index in [1.54, 1.807) is 47.5 Å². The number of anilines is 3. The fourth-order valence-corrected chi connectivity index (χ4v) is 6.74. The molecule has 0 saturated carbocycles. The van der Waals surface area contributed by atoms with Crippen LogP contribution in [0, 0.1) is 6.92 Å². The van der Waals surface area contributed by atoms with Crippen LogP contribution in [0.4, 0.5) is 30.4 Å². The Hall–Kier alpha value is -4.96. The smallest absolute Gasteiger partial charge is 0.416 e. The van der Waals surface area contributed by atoms with Crippen molar-refractivity contribution in [3.63, 3.8) is 0 Å².